The maximum Gasteiger partial charge on any atom is 0.282 e. The second kappa shape index (κ2) is 9.45. The van der Waals surface area contributed by atoms with Crippen molar-refractivity contribution < 1.29 is 32.3 Å². The minimum atomic E-state index is -1.61. The summed E-state index contributed by atoms with van der Waals surface area (Å²) in [5.74, 6) is -3.57. The molecule has 0 heterocycles. The summed E-state index contributed by atoms with van der Waals surface area (Å²) in [5, 5.41) is 2.31. The van der Waals surface area contributed by atoms with Gasteiger partial charge in [0.15, 0.2) is 35.0 Å². The average Bonchev–Trinajstić information content (AvgIpc) is 2.71. The van der Waals surface area contributed by atoms with Crippen LogP contribution in [0.15, 0.2) is 30.3 Å². The van der Waals surface area contributed by atoms with E-state index in [-0.39, 0.29) is 5.69 Å². The highest BCUT2D eigenvalue weighted by atomic mass is 19.2. The van der Waals surface area contributed by atoms with Gasteiger partial charge in [-0.05, 0) is 36.8 Å². The van der Waals surface area contributed by atoms with Crippen molar-refractivity contribution in [2.24, 2.45) is 0 Å². The van der Waals surface area contributed by atoms with E-state index < -0.39 is 29.4 Å². The first-order valence-corrected chi connectivity index (χ1v) is 8.76. The van der Waals surface area contributed by atoms with Gasteiger partial charge in [-0.25, -0.2) is 13.2 Å². The summed E-state index contributed by atoms with van der Waals surface area (Å²) in [6, 6.07) is 6.83. The van der Waals surface area contributed by atoms with Gasteiger partial charge >= 0.3 is 0 Å². The summed E-state index contributed by atoms with van der Waals surface area (Å²) in [5.41, 5.74) is 0.625. The van der Waals surface area contributed by atoms with E-state index in [1.807, 2.05) is 25.2 Å². The molecule has 0 spiro atoms. The number of amides is 1. The van der Waals surface area contributed by atoms with Gasteiger partial charge in [-0.2, -0.15) is 0 Å². The van der Waals surface area contributed by atoms with Crippen LogP contribution >= 0.6 is 0 Å². The average molecular weight is 397 g/mol. The maximum absolute atomic E-state index is 13.7. The molecule has 0 saturated carbocycles. The molecule has 0 saturated heterocycles. The van der Waals surface area contributed by atoms with Crippen molar-refractivity contribution >= 4 is 11.6 Å². The zero-order valence-corrected chi connectivity index (χ0v) is 16.2. The Morgan fingerprint density at radius 2 is 1.75 bits per heavy atom. The van der Waals surface area contributed by atoms with Gasteiger partial charge in [0.1, 0.15) is 0 Å². The van der Waals surface area contributed by atoms with Crippen LogP contribution < -0.4 is 19.7 Å². The number of hydrogen-bond acceptors (Lipinski definition) is 3. The molecule has 0 aliphatic heterocycles. The number of anilines is 1. The van der Waals surface area contributed by atoms with E-state index >= 15 is 0 Å². The molecular formula is C20H24F3N2O3+. The monoisotopic (exact) mass is 397 g/mol. The van der Waals surface area contributed by atoms with E-state index in [9.17, 15) is 18.0 Å². The summed E-state index contributed by atoms with van der Waals surface area (Å²) in [7, 11) is 4.95. The van der Waals surface area contributed by atoms with Crippen molar-refractivity contribution in [3.63, 3.8) is 0 Å². The van der Waals surface area contributed by atoms with E-state index in [2.05, 4.69) is 5.32 Å². The molecule has 2 rings (SSSR count). The fraction of sp³-hybridized carbons (Fsp3) is 0.350. The Kier molecular flexibility index (Phi) is 7.28. The van der Waals surface area contributed by atoms with Gasteiger partial charge in [0, 0.05) is 6.42 Å². The van der Waals surface area contributed by atoms with E-state index in [1.54, 1.807) is 21.1 Å². The third-order valence-corrected chi connectivity index (χ3v) is 4.68. The van der Waals surface area contributed by atoms with Crippen molar-refractivity contribution in [1.29, 1.82) is 0 Å². The normalized spacial score (nSPS) is 13.0. The lowest BCUT2D eigenvalue weighted by Gasteiger charge is -2.21. The highest BCUT2D eigenvalue weighted by molar-refractivity contribution is 5.93. The van der Waals surface area contributed by atoms with E-state index in [4.69, 9.17) is 9.47 Å². The number of rotatable bonds is 8. The van der Waals surface area contributed by atoms with Crippen molar-refractivity contribution in [1.82, 2.24) is 0 Å². The van der Waals surface area contributed by atoms with Crippen LogP contribution in [0.1, 0.15) is 12.5 Å². The predicted molar refractivity (Wildman–Crippen MR) is 99.4 cm³/mol. The topological polar surface area (TPSA) is 52.0 Å². The van der Waals surface area contributed by atoms with Crippen molar-refractivity contribution in [3.8, 4) is 11.5 Å². The second-order valence-electron chi connectivity index (χ2n) is 6.47. The smallest absolute Gasteiger partial charge is 0.282 e. The molecule has 1 amide bonds. The molecule has 2 aromatic carbocycles. The Hall–Kier alpha value is -2.74. The molecule has 2 aromatic rings. The number of ether oxygens (including phenoxy) is 2. The molecule has 28 heavy (non-hydrogen) atoms. The summed E-state index contributed by atoms with van der Waals surface area (Å²) in [6.45, 7) is 2.29. The lowest BCUT2D eigenvalue weighted by atomic mass is 10.1. The number of halogens is 3. The fourth-order valence-electron chi connectivity index (χ4n) is 2.68. The lowest BCUT2D eigenvalue weighted by Crippen LogP contribution is -3.14. The Morgan fingerprint density at radius 1 is 1.07 bits per heavy atom. The van der Waals surface area contributed by atoms with Crippen LogP contribution in [0.2, 0.25) is 0 Å². The molecule has 0 aliphatic rings. The molecule has 2 atom stereocenters. The summed E-state index contributed by atoms with van der Waals surface area (Å²) in [6.07, 6.45) is 0.670. The summed E-state index contributed by atoms with van der Waals surface area (Å²) >= 11 is 0. The molecule has 8 heteroatoms. The second-order valence-corrected chi connectivity index (χ2v) is 6.47. The molecule has 1 unspecified atom stereocenters. The highest BCUT2D eigenvalue weighted by Gasteiger charge is 2.24. The minimum absolute atomic E-state index is 0.386. The quantitative estimate of drug-likeness (QED) is 0.672. The number of methoxy groups -OCH3 is 2. The van der Waals surface area contributed by atoms with Crippen LogP contribution in [0.25, 0.3) is 0 Å². The third kappa shape index (κ3) is 4.95. The number of quaternary nitrogens is 1. The minimum Gasteiger partial charge on any atom is -0.493 e. The molecule has 0 fully saturated rings. The number of carbonyl (C=O) groups excluding carboxylic acids is 1. The number of hydrogen-bond donors (Lipinski definition) is 2. The Bertz CT molecular complexity index is 846. The van der Waals surface area contributed by atoms with Crippen LogP contribution in [0.3, 0.4) is 0 Å². The predicted octanol–water partition coefficient (Wildman–Crippen LogP) is 2.21. The van der Waals surface area contributed by atoms with Crippen LogP contribution in [0, 0.1) is 17.5 Å². The first-order valence-electron chi connectivity index (χ1n) is 8.76. The first kappa shape index (κ1) is 21.6. The fourth-order valence-corrected chi connectivity index (χ4v) is 2.68. The van der Waals surface area contributed by atoms with Crippen molar-refractivity contribution in [2.45, 2.75) is 19.4 Å². The molecule has 0 radical (unpaired) electrons. The zero-order valence-electron chi connectivity index (χ0n) is 16.2. The van der Waals surface area contributed by atoms with Gasteiger partial charge in [0.25, 0.3) is 5.91 Å². The van der Waals surface area contributed by atoms with Crippen LogP contribution in [-0.2, 0) is 11.2 Å². The van der Waals surface area contributed by atoms with Crippen molar-refractivity contribution in [2.75, 3.05) is 33.1 Å². The van der Waals surface area contributed by atoms with E-state index in [1.165, 1.54) is 0 Å². The van der Waals surface area contributed by atoms with Crippen LogP contribution in [0.5, 0.6) is 11.5 Å². The summed E-state index contributed by atoms with van der Waals surface area (Å²) < 4.78 is 50.5. The number of likely N-dealkylation sites (N-methyl/N-ethyl adjacent to an activating group) is 1. The van der Waals surface area contributed by atoms with Crippen LogP contribution in [0.4, 0.5) is 18.9 Å². The molecular weight excluding hydrogens is 373 g/mol. The molecule has 5 nitrogen and oxygen atoms in total. The molecule has 152 valence electrons. The standard InChI is InChI=1S/C20H23F3N2O3/c1-12(20(26)24-15-7-6-14(21)18(22)19(15)23)25(2)10-9-13-5-8-16(27-3)17(11-13)28-4/h5-8,11-12H,9-10H2,1-4H3,(H,24,26)/p+1/t12-/m0/s1. The molecule has 0 bridgehead atoms. The van der Waals surface area contributed by atoms with Gasteiger partial charge in [0.2, 0.25) is 0 Å². The molecule has 0 aromatic heterocycles. The third-order valence-electron chi connectivity index (χ3n) is 4.68. The Labute approximate surface area is 162 Å². The number of carbonyl (C=O) groups is 1. The van der Waals surface area contributed by atoms with E-state index in [0.29, 0.717) is 24.5 Å². The SMILES string of the molecule is COc1ccc(CC[NH+](C)[C@@H](C)C(=O)Nc2ccc(F)c(F)c2F)cc1OC. The van der Waals surface area contributed by atoms with E-state index in [0.717, 1.165) is 22.6 Å². The highest BCUT2D eigenvalue weighted by Crippen LogP contribution is 2.27. The Morgan fingerprint density at radius 3 is 2.39 bits per heavy atom. The number of nitrogens with one attached hydrogen (secondary N) is 2. The van der Waals surface area contributed by atoms with Gasteiger partial charge in [-0.1, -0.05) is 6.07 Å². The van der Waals surface area contributed by atoms with Gasteiger partial charge in [-0.15, -0.1) is 0 Å². The molecule has 2 N–H and O–H groups in total. The lowest BCUT2D eigenvalue weighted by molar-refractivity contribution is -0.893. The van der Waals surface area contributed by atoms with Gasteiger partial charge in [-0.3, -0.25) is 4.79 Å². The van der Waals surface area contributed by atoms with Gasteiger partial charge in [0.05, 0.1) is 33.5 Å². The zero-order chi connectivity index (χ0) is 20.8. The van der Waals surface area contributed by atoms with Crippen molar-refractivity contribution in [3.05, 3.63) is 53.3 Å². The first-order chi connectivity index (χ1) is 13.3. The van der Waals surface area contributed by atoms with Crippen LogP contribution in [-0.4, -0.2) is 39.8 Å². The number of benzene rings is 2. The summed E-state index contributed by atoms with van der Waals surface area (Å²) in [4.78, 5) is 13.2. The maximum atomic E-state index is 13.7. The Balaban J connectivity index is 1.98. The molecule has 0 aliphatic carbocycles. The van der Waals surface area contributed by atoms with Gasteiger partial charge < -0.3 is 19.7 Å². The largest absolute Gasteiger partial charge is 0.493 e.